The molecule has 7 heteroatoms. The van der Waals surface area contributed by atoms with Gasteiger partial charge in [-0.1, -0.05) is 18.5 Å². The Morgan fingerprint density at radius 3 is 2.64 bits per heavy atom. The first-order valence-corrected chi connectivity index (χ1v) is 7.47. The predicted molar refractivity (Wildman–Crippen MR) is 84.7 cm³/mol. The van der Waals surface area contributed by atoms with E-state index in [1.807, 2.05) is 20.8 Å². The minimum absolute atomic E-state index is 0.0628. The molecule has 1 heterocycles. The fraction of sp³-hybridized carbons (Fsp3) is 0.400. The normalized spacial score (nSPS) is 11.1. The number of hydrogen-bond donors (Lipinski definition) is 2. The number of hydrogen-bond acceptors (Lipinski definition) is 3. The van der Waals surface area contributed by atoms with Crippen molar-refractivity contribution in [3.63, 3.8) is 0 Å². The highest BCUT2D eigenvalue weighted by Gasteiger charge is 2.21. The summed E-state index contributed by atoms with van der Waals surface area (Å²) in [5.74, 6) is -1.46. The highest BCUT2D eigenvalue weighted by molar-refractivity contribution is 6.34. The van der Waals surface area contributed by atoms with Crippen LogP contribution in [0.2, 0.25) is 5.02 Å². The molecule has 1 aromatic carbocycles. The van der Waals surface area contributed by atoms with E-state index in [1.54, 1.807) is 10.6 Å². The van der Waals surface area contributed by atoms with Crippen molar-refractivity contribution in [3.05, 3.63) is 28.5 Å². The van der Waals surface area contributed by atoms with Crippen LogP contribution in [0.1, 0.15) is 54.2 Å². The third kappa shape index (κ3) is 2.92. The number of nitrogens with zero attached hydrogens (tertiary/aromatic N) is 2. The van der Waals surface area contributed by atoms with Gasteiger partial charge in [-0.2, -0.15) is 0 Å². The second-order valence-corrected chi connectivity index (χ2v) is 5.69. The van der Waals surface area contributed by atoms with Crippen LogP contribution in [0.5, 0.6) is 0 Å². The molecule has 0 spiro atoms. The molecule has 118 valence electrons. The molecule has 6 nitrogen and oxygen atoms in total. The summed E-state index contributed by atoms with van der Waals surface area (Å²) >= 11 is 6.19. The average Bonchev–Trinajstić information content (AvgIpc) is 2.82. The van der Waals surface area contributed by atoms with E-state index in [0.717, 1.165) is 6.42 Å². The van der Waals surface area contributed by atoms with Crippen LogP contribution in [0.15, 0.2) is 12.1 Å². The van der Waals surface area contributed by atoms with Crippen molar-refractivity contribution in [1.82, 2.24) is 14.9 Å². The van der Waals surface area contributed by atoms with Crippen LogP contribution in [0, 0.1) is 0 Å². The summed E-state index contributed by atoms with van der Waals surface area (Å²) < 4.78 is 1.59. The molecule has 0 aliphatic heterocycles. The first-order valence-electron chi connectivity index (χ1n) is 7.09. The van der Waals surface area contributed by atoms with E-state index in [0.29, 0.717) is 23.1 Å². The molecule has 2 N–H and O–H groups in total. The SMILES string of the molecule is CCCNC(=O)c1cc2nc(C(=O)O)n(C(C)C)c2cc1Cl. The first kappa shape index (κ1) is 16.3. The van der Waals surface area contributed by atoms with Gasteiger partial charge in [-0.05, 0) is 32.4 Å². The van der Waals surface area contributed by atoms with Crippen LogP contribution in [-0.4, -0.2) is 33.1 Å². The highest BCUT2D eigenvalue weighted by atomic mass is 35.5. The molecule has 1 aromatic heterocycles. The average molecular weight is 324 g/mol. The maximum Gasteiger partial charge on any atom is 0.372 e. The maximum atomic E-state index is 12.1. The molecule has 0 saturated carbocycles. The number of nitrogens with one attached hydrogen (secondary N) is 1. The maximum absolute atomic E-state index is 12.1. The Labute approximate surface area is 133 Å². The van der Waals surface area contributed by atoms with E-state index in [-0.39, 0.29) is 22.8 Å². The second-order valence-electron chi connectivity index (χ2n) is 5.28. The molecule has 0 unspecified atom stereocenters. The Morgan fingerprint density at radius 1 is 1.41 bits per heavy atom. The standard InChI is InChI=1S/C15H18ClN3O3/c1-4-5-17-14(20)9-6-11-12(7-10(9)16)19(8(2)3)13(18-11)15(21)22/h6-8H,4-5H2,1-3H3,(H,17,20)(H,21,22). The number of amides is 1. The molecule has 0 aliphatic carbocycles. The molecular formula is C15H18ClN3O3. The number of imidazole rings is 1. The molecule has 0 saturated heterocycles. The molecule has 0 fully saturated rings. The summed E-state index contributed by atoms with van der Waals surface area (Å²) in [6.45, 7) is 6.23. The lowest BCUT2D eigenvalue weighted by Gasteiger charge is -2.11. The lowest BCUT2D eigenvalue weighted by Crippen LogP contribution is -2.24. The van der Waals surface area contributed by atoms with Gasteiger partial charge < -0.3 is 15.0 Å². The summed E-state index contributed by atoms with van der Waals surface area (Å²) in [5, 5.41) is 12.3. The second kappa shape index (κ2) is 6.36. The van der Waals surface area contributed by atoms with Crippen molar-refractivity contribution in [3.8, 4) is 0 Å². The zero-order valence-corrected chi connectivity index (χ0v) is 13.4. The van der Waals surface area contributed by atoms with E-state index in [9.17, 15) is 14.7 Å². The van der Waals surface area contributed by atoms with Gasteiger partial charge in [-0.25, -0.2) is 9.78 Å². The highest BCUT2D eigenvalue weighted by Crippen LogP contribution is 2.27. The summed E-state index contributed by atoms with van der Waals surface area (Å²) in [4.78, 5) is 27.5. The number of benzene rings is 1. The Hall–Kier alpha value is -2.08. The molecule has 0 aliphatic rings. The van der Waals surface area contributed by atoms with Crippen molar-refractivity contribution in [2.24, 2.45) is 0 Å². The fourth-order valence-electron chi connectivity index (χ4n) is 2.30. The molecule has 2 rings (SSSR count). The van der Waals surface area contributed by atoms with Gasteiger partial charge in [0.1, 0.15) is 0 Å². The summed E-state index contributed by atoms with van der Waals surface area (Å²) in [6.07, 6.45) is 0.816. The van der Waals surface area contributed by atoms with Crippen molar-refractivity contribution in [2.45, 2.75) is 33.2 Å². The number of rotatable bonds is 5. The number of halogens is 1. The fourth-order valence-corrected chi connectivity index (χ4v) is 2.54. The van der Waals surface area contributed by atoms with Gasteiger partial charge in [0.25, 0.3) is 5.91 Å². The minimum atomic E-state index is -1.11. The van der Waals surface area contributed by atoms with Crippen LogP contribution >= 0.6 is 11.6 Å². The van der Waals surface area contributed by atoms with Crippen LogP contribution in [0.25, 0.3) is 11.0 Å². The lowest BCUT2D eigenvalue weighted by atomic mass is 10.1. The molecule has 0 atom stereocenters. The van der Waals surface area contributed by atoms with Gasteiger partial charge in [0, 0.05) is 12.6 Å². The molecule has 22 heavy (non-hydrogen) atoms. The molecule has 1 amide bonds. The van der Waals surface area contributed by atoms with Crippen LogP contribution in [0.4, 0.5) is 0 Å². The summed E-state index contributed by atoms with van der Waals surface area (Å²) in [6, 6.07) is 3.04. The quantitative estimate of drug-likeness (QED) is 0.885. The van der Waals surface area contributed by atoms with E-state index in [4.69, 9.17) is 11.6 Å². The third-order valence-electron chi connectivity index (χ3n) is 3.27. The Morgan fingerprint density at radius 2 is 2.09 bits per heavy atom. The van der Waals surface area contributed by atoms with E-state index in [1.165, 1.54) is 6.07 Å². The zero-order valence-electron chi connectivity index (χ0n) is 12.7. The van der Waals surface area contributed by atoms with Crippen molar-refractivity contribution in [2.75, 3.05) is 6.54 Å². The van der Waals surface area contributed by atoms with Gasteiger partial charge in [0.05, 0.1) is 21.6 Å². The van der Waals surface area contributed by atoms with Crippen molar-refractivity contribution >= 4 is 34.5 Å². The lowest BCUT2D eigenvalue weighted by molar-refractivity contribution is 0.0677. The zero-order chi connectivity index (χ0) is 16.4. The number of carbonyl (C=O) groups is 2. The van der Waals surface area contributed by atoms with Gasteiger partial charge in [-0.3, -0.25) is 4.79 Å². The number of aromatic nitrogens is 2. The van der Waals surface area contributed by atoms with E-state index < -0.39 is 5.97 Å². The number of carboxylic acid groups (broad SMARTS) is 1. The number of fused-ring (bicyclic) bond motifs is 1. The van der Waals surface area contributed by atoms with E-state index in [2.05, 4.69) is 10.3 Å². The van der Waals surface area contributed by atoms with E-state index >= 15 is 0 Å². The Kier molecular flexibility index (Phi) is 4.71. The van der Waals surface area contributed by atoms with Crippen LogP contribution in [0.3, 0.4) is 0 Å². The third-order valence-corrected chi connectivity index (χ3v) is 3.58. The van der Waals surface area contributed by atoms with Crippen molar-refractivity contribution < 1.29 is 14.7 Å². The van der Waals surface area contributed by atoms with Crippen LogP contribution in [-0.2, 0) is 0 Å². The topological polar surface area (TPSA) is 84.2 Å². The number of carbonyl (C=O) groups excluding carboxylic acids is 1. The number of carboxylic acids is 1. The summed E-state index contributed by atoms with van der Waals surface area (Å²) in [7, 11) is 0. The Balaban J connectivity index is 2.60. The molecular weight excluding hydrogens is 306 g/mol. The van der Waals surface area contributed by atoms with Crippen molar-refractivity contribution in [1.29, 1.82) is 0 Å². The van der Waals surface area contributed by atoms with Gasteiger partial charge >= 0.3 is 5.97 Å². The smallest absolute Gasteiger partial charge is 0.372 e. The van der Waals surface area contributed by atoms with Gasteiger partial charge in [0.15, 0.2) is 0 Å². The molecule has 0 bridgehead atoms. The number of aromatic carboxylic acids is 1. The Bertz CT molecular complexity index is 737. The molecule has 0 radical (unpaired) electrons. The largest absolute Gasteiger partial charge is 0.475 e. The predicted octanol–water partition coefficient (Wildman–Crippen LogP) is 3.11. The molecule has 2 aromatic rings. The van der Waals surface area contributed by atoms with Crippen LogP contribution < -0.4 is 5.32 Å². The van der Waals surface area contributed by atoms with Gasteiger partial charge in [-0.15, -0.1) is 0 Å². The minimum Gasteiger partial charge on any atom is -0.475 e. The van der Waals surface area contributed by atoms with Gasteiger partial charge in [0.2, 0.25) is 5.82 Å². The first-order chi connectivity index (χ1) is 10.4. The monoisotopic (exact) mass is 323 g/mol. The summed E-state index contributed by atoms with van der Waals surface area (Å²) in [5.41, 5.74) is 1.34.